The molecule has 0 radical (unpaired) electrons. The fourth-order valence-electron chi connectivity index (χ4n) is 0.987. The largest absolute Gasteiger partial charge is 0.467 e. The van der Waals surface area contributed by atoms with Crippen LogP contribution in [0.1, 0.15) is 11.3 Å². The van der Waals surface area contributed by atoms with E-state index in [1.54, 1.807) is 6.26 Å². The first-order valence-corrected chi connectivity index (χ1v) is 3.55. The number of halogens is 1. The molecule has 12 heavy (non-hydrogen) atoms. The highest BCUT2D eigenvalue weighted by Gasteiger charge is 2.04. The van der Waals surface area contributed by atoms with Crippen LogP contribution < -0.4 is 0 Å². The van der Waals surface area contributed by atoms with E-state index in [9.17, 15) is 0 Å². The average Bonchev–Trinajstić information content (AvgIpc) is 2.34. The van der Waals surface area contributed by atoms with Crippen LogP contribution in [0.4, 0.5) is 0 Å². The van der Waals surface area contributed by atoms with Crippen LogP contribution in [0.3, 0.4) is 0 Å². The van der Waals surface area contributed by atoms with Crippen molar-refractivity contribution >= 4 is 12.4 Å². The van der Waals surface area contributed by atoms with Crippen molar-refractivity contribution in [1.82, 2.24) is 4.90 Å². The van der Waals surface area contributed by atoms with Crippen LogP contribution in [-0.4, -0.2) is 24.1 Å². The molecule has 0 aliphatic carbocycles. The number of rotatable bonds is 3. The third kappa shape index (κ3) is 2.85. The smallest absolute Gasteiger partial charge is 0.133 e. The first-order valence-electron chi connectivity index (χ1n) is 3.55. The Balaban J connectivity index is 0.00000121. The lowest BCUT2D eigenvalue weighted by molar-refractivity contribution is 0.243. The van der Waals surface area contributed by atoms with Crippen molar-refractivity contribution in [2.24, 2.45) is 0 Å². The Kier molecular flexibility index (Phi) is 4.97. The minimum absolute atomic E-state index is 0. The maximum atomic E-state index is 8.81. The summed E-state index contributed by atoms with van der Waals surface area (Å²) in [5, 5.41) is 8.81. The van der Waals surface area contributed by atoms with E-state index in [4.69, 9.17) is 9.52 Å². The molecule has 3 nitrogen and oxygen atoms in total. The van der Waals surface area contributed by atoms with Gasteiger partial charge in [0, 0.05) is 12.1 Å². The minimum atomic E-state index is -0.0177. The van der Waals surface area contributed by atoms with Crippen LogP contribution in [0.15, 0.2) is 16.7 Å². The van der Waals surface area contributed by atoms with Crippen molar-refractivity contribution in [1.29, 1.82) is 0 Å². The molecular formula is C8H14ClNO2. The number of hydrogen-bond acceptors (Lipinski definition) is 3. The van der Waals surface area contributed by atoms with Crippen LogP contribution >= 0.6 is 12.4 Å². The Hall–Kier alpha value is -0.510. The third-order valence-corrected chi connectivity index (χ3v) is 1.47. The second-order valence-corrected chi connectivity index (χ2v) is 2.76. The van der Waals surface area contributed by atoms with Gasteiger partial charge >= 0.3 is 0 Å². The standard InChI is InChI=1S/C8H13NO2.ClH/c1-9(2)5-7-3-4-11-8(7)6-10;/h3-4,10H,5-6H2,1-2H3;1H. The molecule has 1 heterocycles. The summed E-state index contributed by atoms with van der Waals surface area (Å²) in [7, 11) is 3.96. The average molecular weight is 192 g/mol. The third-order valence-electron chi connectivity index (χ3n) is 1.47. The van der Waals surface area contributed by atoms with Gasteiger partial charge in [-0.2, -0.15) is 0 Å². The van der Waals surface area contributed by atoms with Gasteiger partial charge in [0.1, 0.15) is 12.4 Å². The van der Waals surface area contributed by atoms with E-state index in [0.29, 0.717) is 5.76 Å². The highest BCUT2D eigenvalue weighted by molar-refractivity contribution is 5.85. The van der Waals surface area contributed by atoms with Crippen LogP contribution in [0.25, 0.3) is 0 Å². The fourth-order valence-corrected chi connectivity index (χ4v) is 0.987. The second-order valence-electron chi connectivity index (χ2n) is 2.76. The molecule has 1 aromatic rings. The SMILES string of the molecule is CN(C)Cc1ccoc1CO.Cl. The van der Waals surface area contributed by atoms with Crippen LogP contribution in [0.5, 0.6) is 0 Å². The highest BCUT2D eigenvalue weighted by Crippen LogP contribution is 2.11. The van der Waals surface area contributed by atoms with Gasteiger partial charge in [0.15, 0.2) is 0 Å². The molecule has 0 spiro atoms. The number of hydrogen-bond donors (Lipinski definition) is 1. The molecule has 0 aliphatic rings. The van der Waals surface area contributed by atoms with Crippen molar-refractivity contribution in [2.45, 2.75) is 13.2 Å². The van der Waals surface area contributed by atoms with Crippen LogP contribution in [-0.2, 0) is 13.2 Å². The molecule has 0 atom stereocenters. The van der Waals surface area contributed by atoms with E-state index in [1.807, 2.05) is 25.1 Å². The zero-order valence-electron chi connectivity index (χ0n) is 7.28. The lowest BCUT2D eigenvalue weighted by Gasteiger charge is -2.07. The summed E-state index contributed by atoms with van der Waals surface area (Å²) in [5.41, 5.74) is 1.05. The monoisotopic (exact) mass is 191 g/mol. The molecule has 0 bridgehead atoms. The van der Waals surface area contributed by atoms with E-state index in [2.05, 4.69) is 0 Å². The number of aliphatic hydroxyl groups excluding tert-OH is 1. The lowest BCUT2D eigenvalue weighted by Crippen LogP contribution is -2.11. The van der Waals surface area contributed by atoms with E-state index < -0.39 is 0 Å². The van der Waals surface area contributed by atoms with Gasteiger partial charge in [-0.1, -0.05) is 0 Å². The molecule has 1 N–H and O–H groups in total. The Bertz CT molecular complexity index is 223. The molecule has 1 rings (SSSR count). The molecule has 0 fully saturated rings. The molecule has 4 heteroatoms. The predicted molar refractivity (Wildman–Crippen MR) is 49.3 cm³/mol. The highest BCUT2D eigenvalue weighted by atomic mass is 35.5. The van der Waals surface area contributed by atoms with Crippen molar-refractivity contribution in [2.75, 3.05) is 14.1 Å². The first kappa shape index (κ1) is 11.5. The molecule has 70 valence electrons. The van der Waals surface area contributed by atoms with E-state index in [1.165, 1.54) is 0 Å². The van der Waals surface area contributed by atoms with Gasteiger partial charge < -0.3 is 14.4 Å². The van der Waals surface area contributed by atoms with Crippen molar-refractivity contribution in [3.8, 4) is 0 Å². The Morgan fingerprint density at radius 2 is 2.17 bits per heavy atom. The summed E-state index contributed by atoms with van der Waals surface area (Å²) in [4.78, 5) is 2.03. The van der Waals surface area contributed by atoms with Gasteiger partial charge in [-0.25, -0.2) is 0 Å². The lowest BCUT2D eigenvalue weighted by atomic mass is 10.2. The zero-order valence-corrected chi connectivity index (χ0v) is 8.10. The quantitative estimate of drug-likeness (QED) is 0.782. The summed E-state index contributed by atoms with van der Waals surface area (Å²) in [6.45, 7) is 0.794. The maximum absolute atomic E-state index is 8.81. The maximum Gasteiger partial charge on any atom is 0.133 e. The predicted octanol–water partition coefficient (Wildman–Crippen LogP) is 1.26. The van der Waals surface area contributed by atoms with E-state index >= 15 is 0 Å². The molecule has 0 saturated carbocycles. The Labute approximate surface area is 78.4 Å². The van der Waals surface area contributed by atoms with Crippen molar-refractivity contribution in [3.05, 3.63) is 23.7 Å². The molecular weight excluding hydrogens is 178 g/mol. The fraction of sp³-hybridized carbons (Fsp3) is 0.500. The number of aliphatic hydroxyl groups is 1. The van der Waals surface area contributed by atoms with Gasteiger partial charge in [-0.05, 0) is 20.2 Å². The Morgan fingerprint density at radius 3 is 2.67 bits per heavy atom. The summed E-state index contributed by atoms with van der Waals surface area (Å²) < 4.78 is 5.04. The van der Waals surface area contributed by atoms with Crippen molar-refractivity contribution in [3.63, 3.8) is 0 Å². The first-order chi connectivity index (χ1) is 5.24. The van der Waals surface area contributed by atoms with E-state index in [-0.39, 0.29) is 19.0 Å². The van der Waals surface area contributed by atoms with Crippen LogP contribution in [0.2, 0.25) is 0 Å². The Morgan fingerprint density at radius 1 is 1.50 bits per heavy atom. The number of nitrogens with zero attached hydrogens (tertiary/aromatic N) is 1. The molecule has 0 aliphatic heterocycles. The summed E-state index contributed by atoms with van der Waals surface area (Å²) in [6, 6.07) is 1.88. The van der Waals surface area contributed by atoms with E-state index in [0.717, 1.165) is 12.1 Å². The van der Waals surface area contributed by atoms with Crippen LogP contribution in [0, 0.1) is 0 Å². The van der Waals surface area contributed by atoms with Crippen molar-refractivity contribution < 1.29 is 9.52 Å². The minimum Gasteiger partial charge on any atom is -0.467 e. The zero-order chi connectivity index (χ0) is 8.27. The normalized spacial score (nSPS) is 10.0. The van der Waals surface area contributed by atoms with Gasteiger partial charge in [-0.3, -0.25) is 0 Å². The molecule has 0 aromatic carbocycles. The van der Waals surface area contributed by atoms with Gasteiger partial charge in [0.2, 0.25) is 0 Å². The summed E-state index contributed by atoms with van der Waals surface area (Å²) >= 11 is 0. The summed E-state index contributed by atoms with van der Waals surface area (Å²) in [5.74, 6) is 0.665. The molecule has 0 amide bonds. The van der Waals surface area contributed by atoms with Gasteiger partial charge in [0.05, 0.1) is 6.26 Å². The molecule has 0 unspecified atom stereocenters. The summed E-state index contributed by atoms with van der Waals surface area (Å²) in [6.07, 6.45) is 1.60. The molecule has 1 aromatic heterocycles. The topological polar surface area (TPSA) is 36.6 Å². The second kappa shape index (κ2) is 5.19. The number of furan rings is 1. The molecule has 0 saturated heterocycles. The van der Waals surface area contributed by atoms with Gasteiger partial charge in [-0.15, -0.1) is 12.4 Å². The van der Waals surface area contributed by atoms with Gasteiger partial charge in [0.25, 0.3) is 0 Å².